The van der Waals surface area contributed by atoms with Crippen molar-refractivity contribution in [2.75, 3.05) is 25.0 Å². The molecule has 0 atom stereocenters. The molecule has 2 fully saturated rings. The largest absolute Gasteiger partial charge is 0.481 e. The molecule has 2 aliphatic carbocycles. The number of Topliss-reactive ketones (excluding diaryl/α,β-unsaturated/α-hetero) is 1. The minimum absolute atomic E-state index is 0.00394. The standard InChI is InChI=1S/C45H56ClN7O4/c1-28-31(25-40(54)42-47-37-27-53(24-21-39(37)50(42)2)32-10-5-4-6-11-32)9-7-12-33(28)34-13-8-14-35(41(34)46)49-44(55)43-48-36-26-52(23-20-38(36)51(43)3)22-19-29-15-17-30(18-16-29)45(56)57/h7-9,12-14,29-30,32H,4-6,10-11,15-27H2,1-3H3,(H,49,55)(H,56,57). The molecule has 2 aliphatic heterocycles. The van der Waals surface area contributed by atoms with Crippen molar-refractivity contribution in [3.05, 3.63) is 87.0 Å². The third-order valence-corrected chi connectivity index (χ3v) is 14.0. The van der Waals surface area contributed by atoms with Crippen LogP contribution in [0.25, 0.3) is 11.1 Å². The van der Waals surface area contributed by atoms with Crippen LogP contribution in [0.5, 0.6) is 0 Å². The summed E-state index contributed by atoms with van der Waals surface area (Å²) in [6, 6.07) is 12.2. The molecular formula is C45H56ClN7O4. The Morgan fingerprint density at radius 1 is 0.825 bits per heavy atom. The molecule has 11 nitrogen and oxygen atoms in total. The van der Waals surface area contributed by atoms with E-state index in [2.05, 4.69) is 15.1 Å². The van der Waals surface area contributed by atoms with Gasteiger partial charge in [0.2, 0.25) is 5.78 Å². The van der Waals surface area contributed by atoms with Crippen molar-refractivity contribution < 1.29 is 19.5 Å². The van der Waals surface area contributed by atoms with E-state index in [4.69, 9.17) is 21.6 Å². The zero-order valence-corrected chi connectivity index (χ0v) is 34.4. The van der Waals surface area contributed by atoms with E-state index in [1.54, 1.807) is 6.07 Å². The van der Waals surface area contributed by atoms with Crippen LogP contribution < -0.4 is 5.32 Å². The number of carbonyl (C=O) groups is 3. The number of nitrogens with zero attached hydrogens (tertiary/aromatic N) is 6. The maximum absolute atomic E-state index is 13.9. The first kappa shape index (κ1) is 39.5. The summed E-state index contributed by atoms with van der Waals surface area (Å²) in [5, 5.41) is 12.8. The average molecular weight is 794 g/mol. The maximum atomic E-state index is 13.9. The first-order valence-corrected chi connectivity index (χ1v) is 21.4. The molecule has 2 N–H and O–H groups in total. The SMILES string of the molecule is Cc1c(CC(=O)c2nc3c(n2C)CCN(C2CCCCC2)C3)cccc1-c1cccc(NC(=O)c2nc3c(n2C)CCN(CCC2CCC(C(=O)O)CC2)C3)c1Cl. The second kappa shape index (κ2) is 16.9. The van der Waals surface area contributed by atoms with Gasteiger partial charge in [-0.25, -0.2) is 9.97 Å². The van der Waals surface area contributed by atoms with E-state index < -0.39 is 5.97 Å². The molecule has 0 bridgehead atoms. The minimum atomic E-state index is -0.660. The van der Waals surface area contributed by atoms with Crippen LogP contribution in [0.1, 0.15) is 119 Å². The molecule has 12 heteroatoms. The van der Waals surface area contributed by atoms with E-state index in [0.717, 1.165) is 110 Å². The second-order valence-electron chi connectivity index (χ2n) is 17.0. The van der Waals surface area contributed by atoms with Gasteiger partial charge in [-0.1, -0.05) is 61.2 Å². The van der Waals surface area contributed by atoms with Crippen LogP contribution >= 0.6 is 11.6 Å². The maximum Gasteiger partial charge on any atom is 0.306 e. The molecule has 2 aromatic heterocycles. The molecule has 0 radical (unpaired) electrons. The molecule has 2 aromatic carbocycles. The number of benzene rings is 2. The van der Waals surface area contributed by atoms with Gasteiger partial charge in [0.1, 0.15) is 0 Å². The van der Waals surface area contributed by atoms with Crippen molar-refractivity contribution in [1.82, 2.24) is 28.9 Å². The fourth-order valence-corrected chi connectivity index (χ4v) is 10.3. The first-order valence-electron chi connectivity index (χ1n) is 21.1. The third-order valence-electron chi connectivity index (χ3n) is 13.5. The summed E-state index contributed by atoms with van der Waals surface area (Å²) in [6.45, 7) is 6.41. The van der Waals surface area contributed by atoms with Crippen molar-refractivity contribution in [3.8, 4) is 11.1 Å². The lowest BCUT2D eigenvalue weighted by Gasteiger charge is -2.36. The predicted octanol–water partition coefficient (Wildman–Crippen LogP) is 7.79. The molecule has 1 amide bonds. The molecular weight excluding hydrogens is 738 g/mol. The number of carbonyl (C=O) groups excluding carboxylic acids is 2. The highest BCUT2D eigenvalue weighted by Crippen LogP contribution is 2.37. The molecule has 4 aromatic rings. The lowest BCUT2D eigenvalue weighted by atomic mass is 9.80. The van der Waals surface area contributed by atoms with E-state index in [0.29, 0.717) is 40.9 Å². The summed E-state index contributed by atoms with van der Waals surface area (Å²) in [4.78, 5) is 53.7. The fourth-order valence-electron chi connectivity index (χ4n) is 10.0. The molecule has 8 rings (SSSR count). The summed E-state index contributed by atoms with van der Waals surface area (Å²) in [7, 11) is 3.88. The van der Waals surface area contributed by atoms with Gasteiger partial charge >= 0.3 is 5.97 Å². The Bertz CT molecular complexity index is 2160. The molecule has 4 aliphatic rings. The van der Waals surface area contributed by atoms with Crippen LogP contribution in [0.3, 0.4) is 0 Å². The number of hydrogen-bond donors (Lipinski definition) is 2. The zero-order chi connectivity index (χ0) is 39.8. The summed E-state index contributed by atoms with van der Waals surface area (Å²) >= 11 is 7.07. The number of nitrogens with one attached hydrogen (secondary N) is 1. The number of aliphatic carboxylic acids is 1. The van der Waals surface area contributed by atoms with Gasteiger partial charge in [-0.2, -0.15) is 0 Å². The molecule has 57 heavy (non-hydrogen) atoms. The Labute approximate surface area is 340 Å². The molecule has 0 saturated heterocycles. The van der Waals surface area contributed by atoms with Gasteiger partial charge in [0.05, 0.1) is 28.0 Å². The van der Waals surface area contributed by atoms with Gasteiger partial charge in [-0.3, -0.25) is 24.2 Å². The summed E-state index contributed by atoms with van der Waals surface area (Å²) in [6.07, 6.45) is 13.0. The summed E-state index contributed by atoms with van der Waals surface area (Å²) < 4.78 is 3.92. The van der Waals surface area contributed by atoms with Gasteiger partial charge in [0.25, 0.3) is 5.91 Å². The van der Waals surface area contributed by atoms with Gasteiger partial charge in [0.15, 0.2) is 11.6 Å². The average Bonchev–Trinajstić information content (AvgIpc) is 3.74. The smallest absolute Gasteiger partial charge is 0.306 e. The quantitative estimate of drug-likeness (QED) is 0.148. The molecule has 2 saturated carbocycles. The van der Waals surface area contributed by atoms with Crippen molar-refractivity contribution in [2.24, 2.45) is 25.9 Å². The van der Waals surface area contributed by atoms with Crippen molar-refractivity contribution in [3.63, 3.8) is 0 Å². The Balaban J connectivity index is 0.921. The van der Waals surface area contributed by atoms with Gasteiger partial charge in [-0.05, 0) is 87.1 Å². The number of carboxylic acid groups (broad SMARTS) is 1. The summed E-state index contributed by atoms with van der Waals surface area (Å²) in [5.74, 6) is 0.283. The van der Waals surface area contributed by atoms with Crippen molar-refractivity contribution in [2.45, 2.75) is 110 Å². The summed E-state index contributed by atoms with van der Waals surface area (Å²) in [5.41, 5.74) is 8.31. The Hall–Kier alpha value is -4.32. The van der Waals surface area contributed by atoms with Crippen molar-refractivity contribution >= 4 is 34.9 Å². The van der Waals surface area contributed by atoms with E-state index in [-0.39, 0.29) is 24.0 Å². The zero-order valence-electron chi connectivity index (χ0n) is 33.7. The Morgan fingerprint density at radius 2 is 1.49 bits per heavy atom. The van der Waals surface area contributed by atoms with Gasteiger partial charge < -0.3 is 19.6 Å². The van der Waals surface area contributed by atoms with Crippen LogP contribution in [0.4, 0.5) is 5.69 Å². The number of ketones is 1. The number of rotatable bonds is 11. The number of carboxylic acids is 1. The molecule has 302 valence electrons. The van der Waals surface area contributed by atoms with Gasteiger partial charge in [-0.15, -0.1) is 0 Å². The van der Waals surface area contributed by atoms with E-state index in [1.807, 2.05) is 60.5 Å². The predicted molar refractivity (Wildman–Crippen MR) is 222 cm³/mol. The van der Waals surface area contributed by atoms with Crippen LogP contribution in [0.15, 0.2) is 36.4 Å². The molecule has 4 heterocycles. The Kier molecular flexibility index (Phi) is 11.7. The third kappa shape index (κ3) is 8.21. The first-order chi connectivity index (χ1) is 27.5. The minimum Gasteiger partial charge on any atom is -0.481 e. The van der Waals surface area contributed by atoms with E-state index >= 15 is 0 Å². The lowest BCUT2D eigenvalue weighted by molar-refractivity contribution is -0.143. The van der Waals surface area contributed by atoms with Crippen molar-refractivity contribution in [1.29, 1.82) is 0 Å². The molecule has 0 unspecified atom stereocenters. The highest BCUT2D eigenvalue weighted by molar-refractivity contribution is 6.36. The highest BCUT2D eigenvalue weighted by atomic mass is 35.5. The van der Waals surface area contributed by atoms with E-state index in [9.17, 15) is 19.5 Å². The monoisotopic (exact) mass is 793 g/mol. The topological polar surface area (TPSA) is 126 Å². The number of fused-ring (bicyclic) bond motifs is 2. The normalized spacial score (nSPS) is 20.6. The lowest BCUT2D eigenvalue weighted by Crippen LogP contribution is -2.40. The van der Waals surface area contributed by atoms with Gasteiger partial charge in [0, 0.05) is 82.5 Å². The number of amides is 1. The number of hydrogen-bond acceptors (Lipinski definition) is 7. The van der Waals surface area contributed by atoms with Crippen LogP contribution in [0, 0.1) is 18.8 Å². The highest BCUT2D eigenvalue weighted by Gasteiger charge is 2.31. The van der Waals surface area contributed by atoms with Crippen LogP contribution in [-0.2, 0) is 51.2 Å². The van der Waals surface area contributed by atoms with E-state index in [1.165, 1.54) is 37.8 Å². The van der Waals surface area contributed by atoms with Crippen LogP contribution in [0.2, 0.25) is 5.02 Å². The number of halogens is 1. The Morgan fingerprint density at radius 3 is 2.25 bits per heavy atom. The number of imidazole rings is 2. The fraction of sp³-hybridized carbons (Fsp3) is 0.533. The number of anilines is 1. The van der Waals surface area contributed by atoms with Crippen LogP contribution in [-0.4, -0.2) is 77.3 Å². The molecule has 0 spiro atoms. The number of aromatic nitrogens is 4. The second-order valence-corrected chi connectivity index (χ2v) is 17.3.